The highest BCUT2D eigenvalue weighted by Crippen LogP contribution is 2.19. The molecule has 1 unspecified atom stereocenters. The van der Waals surface area contributed by atoms with Gasteiger partial charge >= 0.3 is 6.09 Å². The Morgan fingerprint density at radius 2 is 2.14 bits per heavy atom. The molecule has 0 aromatic rings. The van der Waals surface area contributed by atoms with Crippen molar-refractivity contribution < 1.29 is 9.53 Å². The number of hydrogen-bond acceptors (Lipinski definition) is 2. The van der Waals surface area contributed by atoms with Gasteiger partial charge in [0.25, 0.3) is 0 Å². The Morgan fingerprint density at radius 1 is 1.36 bits per heavy atom. The highest BCUT2D eigenvalue weighted by atomic mass is 16.6. The predicted octanol–water partition coefficient (Wildman–Crippen LogP) is 2.61. The summed E-state index contributed by atoms with van der Waals surface area (Å²) in [6.07, 6.45) is 8.94. The van der Waals surface area contributed by atoms with E-state index in [-0.39, 0.29) is 12.2 Å². The van der Waals surface area contributed by atoms with Gasteiger partial charge in [0.1, 0.15) is 6.10 Å². The van der Waals surface area contributed by atoms with E-state index in [1.165, 1.54) is 24.2 Å². The van der Waals surface area contributed by atoms with E-state index in [1.54, 1.807) is 14.1 Å². The minimum atomic E-state index is -0.219. The first-order valence-corrected chi connectivity index (χ1v) is 5.39. The Hall–Kier alpha value is -0.730. The molecule has 1 saturated carbocycles. The van der Waals surface area contributed by atoms with Crippen LogP contribution in [0, 0.1) is 6.42 Å². The van der Waals surface area contributed by atoms with Gasteiger partial charge < -0.3 is 9.64 Å². The van der Waals surface area contributed by atoms with Crippen LogP contribution in [0.1, 0.15) is 38.5 Å². The number of rotatable bonds is 1. The monoisotopic (exact) mass is 198 g/mol. The number of carbonyl (C=O) groups excluding carboxylic acids is 1. The lowest BCUT2D eigenvalue weighted by molar-refractivity contribution is 0.0669. The summed E-state index contributed by atoms with van der Waals surface area (Å²) in [4.78, 5) is 12.8. The smallest absolute Gasteiger partial charge is 0.409 e. The van der Waals surface area contributed by atoms with Gasteiger partial charge in [-0.2, -0.15) is 0 Å². The Bertz CT molecular complexity index is 172. The predicted molar refractivity (Wildman–Crippen MR) is 56.0 cm³/mol. The van der Waals surface area contributed by atoms with Gasteiger partial charge in [0, 0.05) is 14.1 Å². The van der Waals surface area contributed by atoms with E-state index in [4.69, 9.17) is 4.74 Å². The molecule has 0 aliphatic heterocycles. The third kappa shape index (κ3) is 3.99. The first kappa shape index (κ1) is 11.3. The lowest BCUT2D eigenvalue weighted by Crippen LogP contribution is -2.28. The van der Waals surface area contributed by atoms with Gasteiger partial charge in [-0.1, -0.05) is 19.3 Å². The molecule has 0 N–H and O–H groups in total. The van der Waals surface area contributed by atoms with Crippen LogP contribution in [0.25, 0.3) is 0 Å². The van der Waals surface area contributed by atoms with E-state index in [0.29, 0.717) is 0 Å². The van der Waals surface area contributed by atoms with Gasteiger partial charge in [-0.25, -0.2) is 4.79 Å². The molecule has 0 spiro atoms. The van der Waals surface area contributed by atoms with Crippen molar-refractivity contribution in [2.24, 2.45) is 0 Å². The zero-order valence-electron chi connectivity index (χ0n) is 9.16. The summed E-state index contributed by atoms with van der Waals surface area (Å²) in [5.41, 5.74) is 0. The van der Waals surface area contributed by atoms with Crippen LogP contribution in [0.2, 0.25) is 0 Å². The Morgan fingerprint density at radius 3 is 2.86 bits per heavy atom. The molecule has 1 aliphatic carbocycles. The van der Waals surface area contributed by atoms with Crippen molar-refractivity contribution in [3.8, 4) is 0 Å². The number of carbonyl (C=O) groups is 1. The summed E-state index contributed by atoms with van der Waals surface area (Å²) < 4.78 is 5.34. The lowest BCUT2D eigenvalue weighted by Gasteiger charge is -2.21. The molecule has 0 aromatic heterocycles. The molecule has 81 valence electrons. The van der Waals surface area contributed by atoms with Crippen LogP contribution in [0.4, 0.5) is 4.79 Å². The molecule has 1 radical (unpaired) electrons. The second-order valence-electron chi connectivity index (χ2n) is 4.06. The van der Waals surface area contributed by atoms with Crippen molar-refractivity contribution in [2.45, 2.75) is 44.6 Å². The van der Waals surface area contributed by atoms with Crippen LogP contribution in [-0.2, 0) is 4.74 Å². The standard InChI is InChI=1S/C11H20NO2/c1-12(2)11(13)14-10-8-6-4-3-5-7-9-10/h6,10H,3-5,7-9H2,1-2H3. The van der Waals surface area contributed by atoms with Gasteiger partial charge in [0.05, 0.1) is 0 Å². The SMILES string of the molecule is CN(C)C(=O)OC1C[CH]CCCCC1. The van der Waals surface area contributed by atoms with E-state index in [1.807, 2.05) is 0 Å². The van der Waals surface area contributed by atoms with Crippen molar-refractivity contribution in [1.82, 2.24) is 4.90 Å². The average Bonchev–Trinajstić information content (AvgIpc) is 2.08. The van der Waals surface area contributed by atoms with E-state index in [0.717, 1.165) is 19.3 Å². The van der Waals surface area contributed by atoms with E-state index in [2.05, 4.69) is 6.42 Å². The van der Waals surface area contributed by atoms with Crippen LogP contribution in [0.15, 0.2) is 0 Å². The first-order valence-electron chi connectivity index (χ1n) is 5.39. The van der Waals surface area contributed by atoms with Crippen LogP contribution >= 0.6 is 0 Å². The number of ether oxygens (including phenoxy) is 1. The van der Waals surface area contributed by atoms with Crippen molar-refractivity contribution in [3.63, 3.8) is 0 Å². The van der Waals surface area contributed by atoms with Gasteiger partial charge in [-0.05, 0) is 25.7 Å². The fourth-order valence-electron chi connectivity index (χ4n) is 1.61. The van der Waals surface area contributed by atoms with E-state index >= 15 is 0 Å². The first-order chi connectivity index (χ1) is 6.70. The summed E-state index contributed by atoms with van der Waals surface area (Å²) in [7, 11) is 3.43. The Balaban J connectivity index is 2.30. The summed E-state index contributed by atoms with van der Waals surface area (Å²) in [5.74, 6) is 0. The lowest BCUT2D eigenvalue weighted by atomic mass is 9.99. The number of nitrogens with zero attached hydrogens (tertiary/aromatic N) is 1. The molecule has 0 aromatic carbocycles. The molecule has 1 fully saturated rings. The molecule has 3 heteroatoms. The molecule has 0 bridgehead atoms. The van der Waals surface area contributed by atoms with Crippen molar-refractivity contribution in [3.05, 3.63) is 6.42 Å². The van der Waals surface area contributed by atoms with Crippen LogP contribution < -0.4 is 0 Å². The minimum absolute atomic E-state index is 0.102. The Kier molecular flexibility index (Phi) is 4.77. The summed E-state index contributed by atoms with van der Waals surface area (Å²) in [5, 5.41) is 0. The average molecular weight is 198 g/mol. The molecular weight excluding hydrogens is 178 g/mol. The maximum absolute atomic E-state index is 11.3. The largest absolute Gasteiger partial charge is 0.446 e. The second kappa shape index (κ2) is 5.89. The highest BCUT2D eigenvalue weighted by Gasteiger charge is 2.16. The normalized spacial score (nSPS) is 19.6. The molecule has 1 rings (SSSR count). The minimum Gasteiger partial charge on any atom is -0.446 e. The highest BCUT2D eigenvalue weighted by molar-refractivity contribution is 5.66. The topological polar surface area (TPSA) is 29.5 Å². The molecule has 3 nitrogen and oxygen atoms in total. The fraction of sp³-hybridized carbons (Fsp3) is 0.818. The summed E-state index contributed by atoms with van der Waals surface area (Å²) in [6, 6.07) is 0. The Labute approximate surface area is 86.4 Å². The van der Waals surface area contributed by atoms with Crippen molar-refractivity contribution in [1.29, 1.82) is 0 Å². The van der Waals surface area contributed by atoms with Crippen LogP contribution in [-0.4, -0.2) is 31.2 Å². The van der Waals surface area contributed by atoms with Crippen molar-refractivity contribution >= 4 is 6.09 Å². The third-order valence-corrected chi connectivity index (χ3v) is 2.50. The van der Waals surface area contributed by atoms with Gasteiger partial charge in [-0.3, -0.25) is 0 Å². The summed E-state index contributed by atoms with van der Waals surface area (Å²) >= 11 is 0. The van der Waals surface area contributed by atoms with Crippen LogP contribution in [0.5, 0.6) is 0 Å². The summed E-state index contributed by atoms with van der Waals surface area (Å²) in [6.45, 7) is 0. The molecule has 0 saturated heterocycles. The number of hydrogen-bond donors (Lipinski definition) is 0. The van der Waals surface area contributed by atoms with E-state index in [9.17, 15) is 4.79 Å². The molecular formula is C11H20NO2. The molecule has 1 amide bonds. The van der Waals surface area contributed by atoms with Gasteiger partial charge in [0.2, 0.25) is 0 Å². The van der Waals surface area contributed by atoms with Crippen LogP contribution in [0.3, 0.4) is 0 Å². The maximum atomic E-state index is 11.3. The molecule has 14 heavy (non-hydrogen) atoms. The molecule has 1 atom stereocenters. The molecule has 0 heterocycles. The zero-order chi connectivity index (χ0) is 10.4. The van der Waals surface area contributed by atoms with Gasteiger partial charge in [-0.15, -0.1) is 0 Å². The van der Waals surface area contributed by atoms with Crippen molar-refractivity contribution in [2.75, 3.05) is 14.1 Å². The maximum Gasteiger partial charge on any atom is 0.409 e. The van der Waals surface area contributed by atoms with E-state index < -0.39 is 0 Å². The van der Waals surface area contributed by atoms with Gasteiger partial charge in [0.15, 0.2) is 0 Å². The third-order valence-electron chi connectivity index (χ3n) is 2.50. The quantitative estimate of drug-likeness (QED) is 0.648. The fourth-order valence-corrected chi connectivity index (χ4v) is 1.61. The second-order valence-corrected chi connectivity index (χ2v) is 4.06. The number of amides is 1. The zero-order valence-corrected chi connectivity index (χ0v) is 9.16. The molecule has 1 aliphatic rings.